The number of hydrogen-bond donors (Lipinski definition) is 1. The highest BCUT2D eigenvalue weighted by atomic mass is 19.4. The molecule has 0 saturated carbocycles. The number of halogens is 3. The maximum atomic E-state index is 12.3. The van der Waals surface area contributed by atoms with Gasteiger partial charge in [0.15, 0.2) is 0 Å². The molecule has 1 rings (SSSR count). The smallest absolute Gasteiger partial charge is 0.297 e. The predicted molar refractivity (Wildman–Crippen MR) is 46.7 cm³/mol. The monoisotopic (exact) mass is 222 g/mol. The van der Waals surface area contributed by atoms with Crippen molar-refractivity contribution < 1.29 is 13.2 Å². The molecule has 0 amide bonds. The fraction of sp³-hybridized carbons (Fsp3) is 0.500. The third kappa shape index (κ3) is 2.28. The highest BCUT2D eigenvalue weighted by Gasteiger charge is 2.35. The zero-order chi connectivity index (χ0) is 11.8. The third-order valence-electron chi connectivity index (χ3n) is 1.83. The van der Waals surface area contributed by atoms with E-state index in [0.29, 0.717) is 6.20 Å². The van der Waals surface area contributed by atoms with E-state index in [1.807, 2.05) is 0 Å². The van der Waals surface area contributed by atoms with Gasteiger partial charge < -0.3 is 0 Å². The molecule has 0 spiro atoms. The number of aromatic amines is 1. The second-order valence-corrected chi connectivity index (χ2v) is 3.30. The van der Waals surface area contributed by atoms with Crippen LogP contribution in [0.1, 0.15) is 25.5 Å². The van der Waals surface area contributed by atoms with Crippen molar-refractivity contribution in [1.82, 2.24) is 9.55 Å². The van der Waals surface area contributed by atoms with E-state index < -0.39 is 29.0 Å². The standard InChI is InChI=1S/C8H9F3N2O2/c1-4(2)13-3-5(8(9,10)11)6(14)12-7(13)15/h3-4H,1-2H3,(H,12,14,15). The van der Waals surface area contributed by atoms with E-state index in [9.17, 15) is 22.8 Å². The first kappa shape index (κ1) is 11.5. The molecule has 1 heterocycles. The summed E-state index contributed by atoms with van der Waals surface area (Å²) >= 11 is 0. The topological polar surface area (TPSA) is 54.9 Å². The van der Waals surface area contributed by atoms with Gasteiger partial charge in [0.2, 0.25) is 0 Å². The Kier molecular flexibility index (Phi) is 2.74. The van der Waals surface area contributed by atoms with E-state index in [2.05, 4.69) is 0 Å². The number of H-pyrrole nitrogens is 1. The Morgan fingerprint density at radius 1 is 1.33 bits per heavy atom. The average molecular weight is 222 g/mol. The van der Waals surface area contributed by atoms with Crippen molar-refractivity contribution in [3.63, 3.8) is 0 Å². The van der Waals surface area contributed by atoms with Gasteiger partial charge in [-0.25, -0.2) is 4.79 Å². The molecule has 0 aromatic carbocycles. The first-order valence-electron chi connectivity index (χ1n) is 4.16. The van der Waals surface area contributed by atoms with Gasteiger partial charge >= 0.3 is 11.9 Å². The van der Waals surface area contributed by atoms with Gasteiger partial charge in [-0.15, -0.1) is 0 Å². The minimum absolute atomic E-state index is 0.449. The summed E-state index contributed by atoms with van der Waals surface area (Å²) < 4.78 is 37.7. The summed E-state index contributed by atoms with van der Waals surface area (Å²) in [6.07, 6.45) is -4.22. The van der Waals surface area contributed by atoms with E-state index in [4.69, 9.17) is 0 Å². The molecule has 0 radical (unpaired) electrons. The lowest BCUT2D eigenvalue weighted by Gasteiger charge is -2.11. The number of alkyl halides is 3. The van der Waals surface area contributed by atoms with Crippen LogP contribution in [0, 0.1) is 0 Å². The lowest BCUT2D eigenvalue weighted by molar-refractivity contribution is -0.139. The first-order chi connectivity index (χ1) is 6.73. The summed E-state index contributed by atoms with van der Waals surface area (Å²) in [5, 5.41) is 0. The Morgan fingerprint density at radius 3 is 2.27 bits per heavy atom. The predicted octanol–water partition coefficient (Wildman–Crippen LogP) is 1.14. The quantitative estimate of drug-likeness (QED) is 0.774. The van der Waals surface area contributed by atoms with Crippen LogP contribution in [0.15, 0.2) is 15.8 Å². The molecule has 0 saturated heterocycles. The zero-order valence-electron chi connectivity index (χ0n) is 8.05. The molecule has 15 heavy (non-hydrogen) atoms. The Hall–Kier alpha value is -1.53. The summed E-state index contributed by atoms with van der Waals surface area (Å²) in [5.41, 5.74) is -3.62. The van der Waals surface area contributed by atoms with Gasteiger partial charge in [-0.2, -0.15) is 13.2 Å². The van der Waals surface area contributed by atoms with Crippen molar-refractivity contribution in [3.8, 4) is 0 Å². The van der Waals surface area contributed by atoms with Crippen molar-refractivity contribution in [1.29, 1.82) is 0 Å². The molecule has 0 unspecified atom stereocenters. The van der Waals surface area contributed by atoms with E-state index in [1.165, 1.54) is 0 Å². The van der Waals surface area contributed by atoms with Crippen LogP contribution >= 0.6 is 0 Å². The Balaban J connectivity index is 3.51. The van der Waals surface area contributed by atoms with Gasteiger partial charge in [-0.05, 0) is 13.8 Å². The van der Waals surface area contributed by atoms with Crippen LogP contribution in [0.25, 0.3) is 0 Å². The first-order valence-corrected chi connectivity index (χ1v) is 4.16. The third-order valence-corrected chi connectivity index (χ3v) is 1.83. The second-order valence-electron chi connectivity index (χ2n) is 3.30. The normalized spacial score (nSPS) is 12.1. The van der Waals surface area contributed by atoms with Gasteiger partial charge in [0.25, 0.3) is 5.56 Å². The summed E-state index contributed by atoms with van der Waals surface area (Å²) in [6, 6.07) is -0.449. The molecule has 0 bridgehead atoms. The van der Waals surface area contributed by atoms with Crippen molar-refractivity contribution in [3.05, 3.63) is 32.6 Å². The highest BCUT2D eigenvalue weighted by Crippen LogP contribution is 2.25. The minimum atomic E-state index is -4.75. The van der Waals surface area contributed by atoms with Crippen LogP contribution in [0.2, 0.25) is 0 Å². The SMILES string of the molecule is CC(C)n1cc(C(F)(F)F)c(=O)[nH]c1=O. The second kappa shape index (κ2) is 3.56. The fourth-order valence-corrected chi connectivity index (χ4v) is 1.07. The average Bonchev–Trinajstić information content (AvgIpc) is 2.00. The maximum Gasteiger partial charge on any atom is 0.423 e. The molecule has 1 aromatic rings. The van der Waals surface area contributed by atoms with Crippen molar-refractivity contribution in [2.75, 3.05) is 0 Å². The van der Waals surface area contributed by atoms with Crippen LogP contribution in [0.3, 0.4) is 0 Å². The summed E-state index contributed by atoms with van der Waals surface area (Å²) in [7, 11) is 0. The van der Waals surface area contributed by atoms with Gasteiger partial charge in [-0.1, -0.05) is 0 Å². The van der Waals surface area contributed by atoms with E-state index in [0.717, 1.165) is 4.57 Å². The largest absolute Gasteiger partial charge is 0.423 e. The summed E-state index contributed by atoms with van der Waals surface area (Å²) in [5.74, 6) is 0. The maximum absolute atomic E-state index is 12.3. The fourth-order valence-electron chi connectivity index (χ4n) is 1.07. The number of hydrogen-bond acceptors (Lipinski definition) is 2. The molecule has 0 atom stereocenters. The van der Waals surface area contributed by atoms with Crippen LogP contribution in [-0.4, -0.2) is 9.55 Å². The molecule has 0 aliphatic heterocycles. The zero-order valence-corrected chi connectivity index (χ0v) is 8.05. The van der Waals surface area contributed by atoms with Gasteiger partial charge in [-0.3, -0.25) is 14.3 Å². The summed E-state index contributed by atoms with van der Waals surface area (Å²) in [4.78, 5) is 23.6. The molecule has 84 valence electrons. The van der Waals surface area contributed by atoms with Gasteiger partial charge in [0.1, 0.15) is 5.56 Å². The van der Waals surface area contributed by atoms with Gasteiger partial charge in [0.05, 0.1) is 0 Å². The summed E-state index contributed by atoms with van der Waals surface area (Å²) in [6.45, 7) is 3.08. The molecular weight excluding hydrogens is 213 g/mol. The number of nitrogens with zero attached hydrogens (tertiary/aromatic N) is 1. The molecule has 7 heteroatoms. The van der Waals surface area contributed by atoms with Crippen molar-refractivity contribution >= 4 is 0 Å². The van der Waals surface area contributed by atoms with Crippen LogP contribution in [0.5, 0.6) is 0 Å². The van der Waals surface area contributed by atoms with Crippen LogP contribution in [0.4, 0.5) is 13.2 Å². The minimum Gasteiger partial charge on any atom is -0.297 e. The Labute approximate surface area is 82.4 Å². The molecule has 4 nitrogen and oxygen atoms in total. The molecular formula is C8H9F3N2O2. The molecule has 0 fully saturated rings. The Morgan fingerprint density at radius 2 is 1.87 bits per heavy atom. The molecule has 1 aromatic heterocycles. The number of aromatic nitrogens is 2. The van der Waals surface area contributed by atoms with Crippen molar-refractivity contribution in [2.24, 2.45) is 0 Å². The van der Waals surface area contributed by atoms with Gasteiger partial charge in [0, 0.05) is 12.2 Å². The van der Waals surface area contributed by atoms with E-state index in [-0.39, 0.29) is 0 Å². The van der Waals surface area contributed by atoms with Crippen molar-refractivity contribution in [2.45, 2.75) is 26.1 Å². The van der Waals surface area contributed by atoms with E-state index >= 15 is 0 Å². The number of nitrogens with one attached hydrogen (secondary N) is 1. The molecule has 0 aliphatic carbocycles. The molecule has 1 N–H and O–H groups in total. The number of rotatable bonds is 1. The molecule has 0 aliphatic rings. The lowest BCUT2D eigenvalue weighted by Crippen LogP contribution is -2.35. The van der Waals surface area contributed by atoms with Crippen LogP contribution < -0.4 is 11.2 Å². The van der Waals surface area contributed by atoms with Crippen LogP contribution in [-0.2, 0) is 6.18 Å². The lowest BCUT2D eigenvalue weighted by atomic mass is 10.3. The Bertz CT molecular complexity index is 470. The van der Waals surface area contributed by atoms with E-state index in [1.54, 1.807) is 18.8 Å². The highest BCUT2D eigenvalue weighted by molar-refractivity contribution is 5.09.